The summed E-state index contributed by atoms with van der Waals surface area (Å²) in [6.07, 6.45) is 7.51. The number of unbranched alkanes of at least 4 members (excludes halogenated alkanes) is 2. The Labute approximate surface area is 335 Å². The first kappa shape index (κ1) is 44.2. The van der Waals surface area contributed by atoms with Crippen LogP contribution in [-0.2, 0) is 32.0 Å². The largest absolute Gasteiger partial charge is 0.462 e. The number of hydrogen-bond donors (Lipinski definition) is 0. The molecule has 0 saturated carbocycles. The SMILES string of the molecule is CCC(=O)N(C)CCCN(C)C(=O)c1ccc(CCN(C)CCCCCC(=O)N(C)CCN2CCC(OC(=O)Cc3ccccc3-c3ccccc3)CC2)cc1. The van der Waals surface area contributed by atoms with E-state index in [1.54, 1.807) is 16.8 Å². The highest BCUT2D eigenvalue weighted by molar-refractivity contribution is 5.94. The van der Waals surface area contributed by atoms with E-state index in [9.17, 15) is 19.2 Å². The van der Waals surface area contributed by atoms with Crippen molar-refractivity contribution in [1.82, 2.24) is 24.5 Å². The summed E-state index contributed by atoms with van der Waals surface area (Å²) in [7, 11) is 7.65. The van der Waals surface area contributed by atoms with Crippen LogP contribution in [0.3, 0.4) is 0 Å². The number of amides is 3. The molecule has 0 spiro atoms. The van der Waals surface area contributed by atoms with Gasteiger partial charge in [0.2, 0.25) is 11.8 Å². The topological polar surface area (TPSA) is 93.7 Å². The van der Waals surface area contributed by atoms with Gasteiger partial charge in [-0.2, -0.15) is 0 Å². The Morgan fingerprint density at radius 1 is 0.679 bits per heavy atom. The highest BCUT2D eigenvalue weighted by Gasteiger charge is 2.23. The van der Waals surface area contributed by atoms with Crippen LogP contribution in [0.2, 0.25) is 0 Å². The van der Waals surface area contributed by atoms with E-state index in [-0.39, 0.29) is 36.2 Å². The number of rotatable bonds is 22. The van der Waals surface area contributed by atoms with E-state index in [0.29, 0.717) is 38.0 Å². The second kappa shape index (κ2) is 23.5. The number of carbonyl (C=O) groups is 4. The molecule has 0 aromatic heterocycles. The van der Waals surface area contributed by atoms with Crippen molar-refractivity contribution in [3.05, 3.63) is 95.6 Å². The Morgan fingerprint density at radius 2 is 1.34 bits per heavy atom. The molecule has 0 atom stereocenters. The van der Waals surface area contributed by atoms with Gasteiger partial charge in [0.15, 0.2) is 0 Å². The summed E-state index contributed by atoms with van der Waals surface area (Å²) in [4.78, 5) is 60.3. The highest BCUT2D eigenvalue weighted by atomic mass is 16.5. The van der Waals surface area contributed by atoms with Gasteiger partial charge in [0.05, 0.1) is 6.42 Å². The molecule has 3 aromatic rings. The summed E-state index contributed by atoms with van der Waals surface area (Å²) in [6.45, 7) is 8.27. The van der Waals surface area contributed by atoms with Crippen LogP contribution in [0.25, 0.3) is 11.1 Å². The van der Waals surface area contributed by atoms with Crippen molar-refractivity contribution in [3.63, 3.8) is 0 Å². The zero-order valence-corrected chi connectivity index (χ0v) is 34.6. The molecule has 56 heavy (non-hydrogen) atoms. The van der Waals surface area contributed by atoms with Gasteiger partial charge >= 0.3 is 5.97 Å². The van der Waals surface area contributed by atoms with Gasteiger partial charge < -0.3 is 29.2 Å². The first-order valence-electron chi connectivity index (χ1n) is 20.6. The zero-order chi connectivity index (χ0) is 40.3. The lowest BCUT2D eigenvalue weighted by Crippen LogP contribution is -2.42. The van der Waals surface area contributed by atoms with E-state index in [2.05, 4.69) is 35.0 Å². The smallest absolute Gasteiger partial charge is 0.310 e. The van der Waals surface area contributed by atoms with Crippen molar-refractivity contribution in [1.29, 1.82) is 0 Å². The number of likely N-dealkylation sites (tertiary alicyclic amines) is 1. The van der Waals surface area contributed by atoms with Crippen LogP contribution in [-0.4, -0.2) is 135 Å². The molecular formula is C46H65N5O5. The predicted octanol–water partition coefficient (Wildman–Crippen LogP) is 6.43. The number of esters is 1. The number of likely N-dealkylation sites (N-methyl/N-ethyl adjacent to an activating group) is 2. The molecule has 0 N–H and O–H groups in total. The average molecular weight is 768 g/mol. The lowest BCUT2D eigenvalue weighted by atomic mass is 9.98. The third-order valence-corrected chi connectivity index (χ3v) is 10.9. The lowest BCUT2D eigenvalue weighted by molar-refractivity contribution is -0.150. The van der Waals surface area contributed by atoms with E-state index in [1.165, 1.54) is 5.56 Å². The standard InChI is InChI=1S/C46H65N5O5/c1-6-43(52)48(3)29-15-30-50(5)46(55)39-23-21-37(22-24-39)25-31-47(2)28-14-8-11-20-44(53)49(4)34-35-51-32-26-41(27-33-51)56-45(54)36-40-18-12-13-19-42(40)38-16-9-7-10-17-38/h7,9-10,12-13,16-19,21-24,41H,6,8,11,14-15,20,25-36H2,1-5H3. The monoisotopic (exact) mass is 767 g/mol. The van der Waals surface area contributed by atoms with Crippen molar-refractivity contribution in [2.75, 3.05) is 80.5 Å². The van der Waals surface area contributed by atoms with Crippen molar-refractivity contribution in [2.45, 2.75) is 77.2 Å². The minimum atomic E-state index is -0.177. The Bertz CT molecular complexity index is 1660. The average Bonchev–Trinajstić information content (AvgIpc) is 3.22. The van der Waals surface area contributed by atoms with Crippen LogP contribution in [0, 0.1) is 0 Å². The minimum Gasteiger partial charge on any atom is -0.462 e. The summed E-state index contributed by atoms with van der Waals surface area (Å²) in [5.74, 6) is 0.135. The molecule has 0 aliphatic carbocycles. The van der Waals surface area contributed by atoms with E-state index in [0.717, 1.165) is 94.4 Å². The predicted molar refractivity (Wildman–Crippen MR) is 224 cm³/mol. The maximum atomic E-state index is 12.9. The molecule has 10 nitrogen and oxygen atoms in total. The zero-order valence-electron chi connectivity index (χ0n) is 34.6. The first-order chi connectivity index (χ1) is 27.0. The molecule has 4 rings (SSSR count). The number of piperidine rings is 1. The minimum absolute atomic E-state index is 0.00251. The van der Waals surface area contributed by atoms with Gasteiger partial charge in [-0.25, -0.2) is 0 Å². The highest BCUT2D eigenvalue weighted by Crippen LogP contribution is 2.25. The Kier molecular flexibility index (Phi) is 18.5. The van der Waals surface area contributed by atoms with Crippen molar-refractivity contribution < 1.29 is 23.9 Å². The van der Waals surface area contributed by atoms with Crippen LogP contribution >= 0.6 is 0 Å². The van der Waals surface area contributed by atoms with Crippen LogP contribution in [0.15, 0.2) is 78.9 Å². The molecule has 0 radical (unpaired) electrons. The van der Waals surface area contributed by atoms with Gasteiger partial charge in [0.1, 0.15) is 6.10 Å². The second-order valence-electron chi connectivity index (χ2n) is 15.4. The van der Waals surface area contributed by atoms with Gasteiger partial charge in [0.25, 0.3) is 5.91 Å². The van der Waals surface area contributed by atoms with Crippen molar-refractivity contribution in [3.8, 4) is 11.1 Å². The van der Waals surface area contributed by atoms with Crippen LogP contribution in [0.1, 0.15) is 79.8 Å². The third kappa shape index (κ3) is 14.8. The molecule has 1 heterocycles. The molecule has 1 aliphatic rings. The molecule has 304 valence electrons. The first-order valence-corrected chi connectivity index (χ1v) is 20.6. The summed E-state index contributed by atoms with van der Waals surface area (Å²) in [5.41, 5.74) is 5.03. The molecule has 0 unspecified atom stereocenters. The Hall–Kier alpha value is -4.54. The molecule has 0 bridgehead atoms. The Balaban J connectivity index is 1.02. The fourth-order valence-corrected chi connectivity index (χ4v) is 7.16. The summed E-state index contributed by atoms with van der Waals surface area (Å²) in [6, 6.07) is 26.1. The number of ether oxygens (including phenoxy) is 1. The Morgan fingerprint density at radius 3 is 2.05 bits per heavy atom. The molecule has 3 amide bonds. The molecule has 1 aliphatic heterocycles. The van der Waals surface area contributed by atoms with Crippen LogP contribution < -0.4 is 0 Å². The van der Waals surface area contributed by atoms with E-state index in [1.807, 2.05) is 86.6 Å². The summed E-state index contributed by atoms with van der Waals surface area (Å²) in [5, 5.41) is 0. The fourth-order valence-electron chi connectivity index (χ4n) is 7.16. The van der Waals surface area contributed by atoms with Gasteiger partial charge in [-0.05, 0) is 86.5 Å². The second-order valence-corrected chi connectivity index (χ2v) is 15.4. The third-order valence-electron chi connectivity index (χ3n) is 10.9. The maximum absolute atomic E-state index is 12.9. The van der Waals surface area contributed by atoms with Crippen LogP contribution in [0.5, 0.6) is 0 Å². The molecule has 1 saturated heterocycles. The van der Waals surface area contributed by atoms with Crippen LogP contribution in [0.4, 0.5) is 0 Å². The number of hydrogen-bond acceptors (Lipinski definition) is 7. The fraction of sp³-hybridized carbons (Fsp3) is 0.522. The molecular weight excluding hydrogens is 703 g/mol. The molecule has 3 aromatic carbocycles. The number of benzene rings is 3. The number of carbonyl (C=O) groups excluding carboxylic acids is 4. The van der Waals surface area contributed by atoms with Crippen molar-refractivity contribution >= 4 is 23.7 Å². The van der Waals surface area contributed by atoms with E-state index >= 15 is 0 Å². The lowest BCUT2D eigenvalue weighted by Gasteiger charge is -2.32. The quantitative estimate of drug-likeness (QED) is 0.0861. The maximum Gasteiger partial charge on any atom is 0.310 e. The van der Waals surface area contributed by atoms with Crippen molar-refractivity contribution in [2.24, 2.45) is 0 Å². The summed E-state index contributed by atoms with van der Waals surface area (Å²) >= 11 is 0. The molecule has 1 fully saturated rings. The molecule has 10 heteroatoms. The summed E-state index contributed by atoms with van der Waals surface area (Å²) < 4.78 is 5.90. The van der Waals surface area contributed by atoms with E-state index in [4.69, 9.17) is 4.74 Å². The van der Waals surface area contributed by atoms with Gasteiger partial charge in [-0.1, -0.05) is 80.1 Å². The van der Waals surface area contributed by atoms with Gasteiger partial charge in [-0.15, -0.1) is 0 Å². The van der Waals surface area contributed by atoms with Gasteiger partial charge in [-0.3, -0.25) is 19.2 Å². The normalized spacial score (nSPS) is 13.4. The van der Waals surface area contributed by atoms with E-state index < -0.39 is 0 Å². The number of nitrogens with zero attached hydrogens (tertiary/aromatic N) is 5. The van der Waals surface area contributed by atoms with Gasteiger partial charge in [0, 0.05) is 85.4 Å².